The lowest BCUT2D eigenvalue weighted by molar-refractivity contribution is -0.0393. The van der Waals surface area contributed by atoms with E-state index in [9.17, 15) is 32.4 Å². The zero-order valence-electron chi connectivity index (χ0n) is 21.2. The molecule has 13 heteroatoms. The summed E-state index contributed by atoms with van der Waals surface area (Å²) in [4.78, 5) is 31.2. The number of nitriles is 1. The van der Waals surface area contributed by atoms with Crippen molar-refractivity contribution in [3.63, 3.8) is 0 Å². The van der Waals surface area contributed by atoms with E-state index in [0.29, 0.717) is 27.1 Å². The number of rotatable bonds is 5. The summed E-state index contributed by atoms with van der Waals surface area (Å²) >= 11 is 0. The molecule has 0 saturated carbocycles. The fraction of sp³-hybridized carbons (Fsp3) is 0.179. The summed E-state index contributed by atoms with van der Waals surface area (Å²) in [7, 11) is 0. The highest BCUT2D eigenvalue weighted by Gasteiger charge is 2.42. The largest absolute Gasteiger partial charge is 0.368 e. The van der Waals surface area contributed by atoms with Gasteiger partial charge in [0.15, 0.2) is 11.6 Å². The summed E-state index contributed by atoms with van der Waals surface area (Å²) in [6.45, 7) is -0.311. The molecule has 5 rings (SSSR count). The van der Waals surface area contributed by atoms with Gasteiger partial charge in [0.2, 0.25) is 0 Å². The van der Waals surface area contributed by atoms with Gasteiger partial charge < -0.3 is 16.0 Å². The van der Waals surface area contributed by atoms with Crippen LogP contribution in [0.1, 0.15) is 22.5 Å². The molecule has 1 amide bonds. The Labute approximate surface area is 230 Å². The zero-order chi connectivity index (χ0) is 29.3. The van der Waals surface area contributed by atoms with Crippen molar-refractivity contribution in [2.75, 3.05) is 23.3 Å². The highest BCUT2D eigenvalue weighted by Crippen LogP contribution is 2.37. The van der Waals surface area contributed by atoms with Gasteiger partial charge in [0, 0.05) is 43.5 Å². The number of anilines is 2. The van der Waals surface area contributed by atoms with Gasteiger partial charge in [-0.05, 0) is 42.0 Å². The number of alkyl halides is 2. The van der Waals surface area contributed by atoms with Gasteiger partial charge in [-0.1, -0.05) is 12.1 Å². The number of halogens is 4. The van der Waals surface area contributed by atoms with Crippen molar-refractivity contribution in [2.45, 2.75) is 18.4 Å². The molecular weight excluding hydrogens is 542 g/mol. The number of nitrogens with one attached hydrogen (secondary N) is 1. The molecule has 0 spiro atoms. The Morgan fingerprint density at radius 2 is 1.88 bits per heavy atom. The molecule has 0 bridgehead atoms. The molecule has 1 aliphatic rings. The van der Waals surface area contributed by atoms with Crippen LogP contribution < -0.4 is 21.5 Å². The number of nitrogens with two attached hydrogens (primary N) is 1. The number of nitrogens with zero attached hydrogens (tertiary/aromatic N) is 5. The molecule has 1 aliphatic heterocycles. The third kappa shape index (κ3) is 5.37. The fourth-order valence-electron chi connectivity index (χ4n) is 4.51. The van der Waals surface area contributed by atoms with Crippen molar-refractivity contribution in [3.8, 4) is 22.9 Å². The van der Waals surface area contributed by atoms with Crippen LogP contribution in [-0.4, -0.2) is 45.7 Å². The first kappa shape index (κ1) is 27.5. The number of pyridine rings is 1. The maximum atomic E-state index is 14.3. The molecule has 1 fully saturated rings. The number of benzene rings is 2. The minimum absolute atomic E-state index is 0.0825. The Morgan fingerprint density at radius 3 is 2.59 bits per heavy atom. The van der Waals surface area contributed by atoms with Crippen molar-refractivity contribution in [2.24, 2.45) is 5.73 Å². The molecule has 208 valence electrons. The van der Waals surface area contributed by atoms with E-state index in [1.54, 1.807) is 17.0 Å². The van der Waals surface area contributed by atoms with E-state index in [-0.39, 0.29) is 24.5 Å². The minimum atomic E-state index is -3.07. The van der Waals surface area contributed by atoms with Crippen molar-refractivity contribution in [3.05, 3.63) is 100 Å². The number of hydrogen-bond acceptors (Lipinski definition) is 7. The van der Waals surface area contributed by atoms with Crippen molar-refractivity contribution in [1.29, 1.82) is 5.26 Å². The maximum absolute atomic E-state index is 14.3. The van der Waals surface area contributed by atoms with E-state index in [4.69, 9.17) is 5.73 Å². The van der Waals surface area contributed by atoms with Gasteiger partial charge in [0.1, 0.15) is 11.4 Å². The van der Waals surface area contributed by atoms with Gasteiger partial charge in [-0.2, -0.15) is 15.0 Å². The third-order valence-electron chi connectivity index (χ3n) is 6.70. The van der Waals surface area contributed by atoms with Gasteiger partial charge in [0.25, 0.3) is 17.4 Å². The highest BCUT2D eigenvalue weighted by molar-refractivity contribution is 6.05. The lowest BCUT2D eigenvalue weighted by atomic mass is 9.98. The molecule has 0 aliphatic carbocycles. The third-order valence-corrected chi connectivity index (χ3v) is 6.70. The van der Waals surface area contributed by atoms with Crippen molar-refractivity contribution in [1.82, 2.24) is 14.8 Å². The second-order valence-corrected chi connectivity index (χ2v) is 9.32. The first-order valence-electron chi connectivity index (χ1n) is 12.3. The Kier molecular flexibility index (Phi) is 7.25. The Hall–Kier alpha value is -5.09. The maximum Gasteiger partial charge on any atom is 0.276 e. The predicted molar refractivity (Wildman–Crippen MR) is 142 cm³/mol. The molecule has 1 saturated heterocycles. The summed E-state index contributed by atoms with van der Waals surface area (Å²) < 4.78 is 57.5. The molecule has 0 radical (unpaired) electrons. The number of carbonyl (C=O) groups excluding carboxylic acids is 1. The molecule has 9 nitrogen and oxygen atoms in total. The van der Waals surface area contributed by atoms with Crippen LogP contribution in [0.25, 0.3) is 16.8 Å². The first-order valence-corrected chi connectivity index (χ1v) is 12.3. The predicted octanol–water partition coefficient (Wildman–Crippen LogP) is 3.87. The number of hydrogen-bond donors (Lipinski definition) is 2. The summed E-state index contributed by atoms with van der Waals surface area (Å²) in [5, 5.41) is 16.0. The lowest BCUT2D eigenvalue weighted by Gasteiger charge is -2.38. The standard InChI is InChI=1S/C28H21F4N7O2/c29-19-2-1-3-20(30)26(19)39-25(40)7-6-22(37-39)27(41)36-21-5-4-16(18-14-35-10-8-17(18)13-33)12-23(21)38-11-9-28(31,32)24(34)15-38/h1-8,10,12,14,24H,9,11,15,34H2,(H,36,41)/t24-/m0/s1. The van der Waals surface area contributed by atoms with Gasteiger partial charge in [-0.15, -0.1) is 0 Å². The van der Waals surface area contributed by atoms with Crippen LogP contribution in [0, 0.1) is 23.0 Å². The van der Waals surface area contributed by atoms with Crippen LogP contribution in [0.3, 0.4) is 0 Å². The Bertz CT molecular complexity index is 1730. The molecule has 3 heterocycles. The molecule has 2 aromatic carbocycles. The van der Waals surface area contributed by atoms with Gasteiger partial charge >= 0.3 is 0 Å². The monoisotopic (exact) mass is 563 g/mol. The Balaban J connectivity index is 1.54. The number of amides is 1. The molecular formula is C28H21F4N7O2. The van der Waals surface area contributed by atoms with Crippen LogP contribution in [0.5, 0.6) is 0 Å². The molecule has 2 aromatic heterocycles. The van der Waals surface area contributed by atoms with E-state index in [1.807, 2.05) is 0 Å². The molecule has 41 heavy (non-hydrogen) atoms. The average Bonchev–Trinajstić information content (AvgIpc) is 2.95. The second-order valence-electron chi connectivity index (χ2n) is 9.32. The summed E-state index contributed by atoms with van der Waals surface area (Å²) in [5.41, 5.74) is 5.67. The van der Waals surface area contributed by atoms with E-state index in [1.165, 1.54) is 24.5 Å². The van der Waals surface area contributed by atoms with Crippen molar-refractivity contribution < 1.29 is 22.4 Å². The van der Waals surface area contributed by atoms with Gasteiger partial charge in [0.05, 0.1) is 29.0 Å². The molecule has 0 unspecified atom stereocenters. The number of carbonyl (C=O) groups is 1. The van der Waals surface area contributed by atoms with Crippen LogP contribution in [-0.2, 0) is 0 Å². The second kappa shape index (κ2) is 10.8. The summed E-state index contributed by atoms with van der Waals surface area (Å²) in [5.74, 6) is -6.02. The average molecular weight is 564 g/mol. The minimum Gasteiger partial charge on any atom is -0.368 e. The van der Waals surface area contributed by atoms with E-state index in [2.05, 4.69) is 21.5 Å². The summed E-state index contributed by atoms with van der Waals surface area (Å²) in [6, 6.07) is 11.9. The highest BCUT2D eigenvalue weighted by atomic mass is 19.3. The van der Waals surface area contributed by atoms with Crippen molar-refractivity contribution >= 4 is 17.3 Å². The van der Waals surface area contributed by atoms with E-state index in [0.717, 1.165) is 30.3 Å². The van der Waals surface area contributed by atoms with E-state index < -0.39 is 47.2 Å². The van der Waals surface area contributed by atoms with Crippen LogP contribution >= 0.6 is 0 Å². The van der Waals surface area contributed by atoms with Crippen LogP contribution in [0.4, 0.5) is 28.9 Å². The summed E-state index contributed by atoms with van der Waals surface area (Å²) in [6.07, 6.45) is 2.42. The first-order chi connectivity index (χ1) is 19.6. The molecule has 1 atom stereocenters. The topological polar surface area (TPSA) is 130 Å². The normalized spacial score (nSPS) is 16.2. The van der Waals surface area contributed by atoms with Gasteiger partial charge in [-0.25, -0.2) is 17.6 Å². The van der Waals surface area contributed by atoms with Crippen LogP contribution in [0.2, 0.25) is 0 Å². The number of aromatic nitrogens is 3. The van der Waals surface area contributed by atoms with E-state index >= 15 is 0 Å². The lowest BCUT2D eigenvalue weighted by Crippen LogP contribution is -2.55. The fourth-order valence-corrected chi connectivity index (χ4v) is 4.51. The van der Waals surface area contributed by atoms with Gasteiger partial charge in [-0.3, -0.25) is 14.6 Å². The zero-order valence-corrected chi connectivity index (χ0v) is 21.2. The number of piperidine rings is 1. The molecule has 3 N–H and O–H groups in total. The molecule has 4 aromatic rings. The SMILES string of the molecule is N#Cc1ccncc1-c1ccc(NC(=O)c2ccc(=O)n(-c3c(F)cccc3F)n2)c(N2CCC(F)(F)[C@@H](N)C2)c1. The smallest absolute Gasteiger partial charge is 0.276 e. The van der Waals surface area contributed by atoms with Crippen LogP contribution in [0.15, 0.2) is 71.8 Å². The Morgan fingerprint density at radius 1 is 1.12 bits per heavy atom. The quantitative estimate of drug-likeness (QED) is 0.353. The number of para-hydroxylation sites is 1.